The maximum absolute atomic E-state index is 12.4. The second-order valence-electron chi connectivity index (χ2n) is 5.13. The van der Waals surface area contributed by atoms with Gasteiger partial charge in [-0.1, -0.05) is 17.7 Å². The summed E-state index contributed by atoms with van der Waals surface area (Å²) in [6, 6.07) is 4.26. The Hall–Kier alpha value is -2.11. The molecule has 126 valence electrons. The molecule has 6 heteroatoms. The molecule has 0 aliphatic carbocycles. The van der Waals surface area contributed by atoms with E-state index >= 15 is 0 Å². The number of ether oxygens (including phenoxy) is 1. The van der Waals surface area contributed by atoms with Gasteiger partial charge in [0.05, 0.1) is 7.11 Å². The van der Waals surface area contributed by atoms with Crippen molar-refractivity contribution in [3.63, 3.8) is 0 Å². The van der Waals surface area contributed by atoms with Crippen molar-refractivity contribution in [3.8, 4) is 5.75 Å². The average molecular weight is 332 g/mol. The summed E-state index contributed by atoms with van der Waals surface area (Å²) in [5.74, 6) is -8.51. The van der Waals surface area contributed by atoms with Gasteiger partial charge in [-0.05, 0) is 38.8 Å². The van der Waals surface area contributed by atoms with Gasteiger partial charge in [0.25, 0.3) is 0 Å². The lowest BCUT2D eigenvalue weighted by Gasteiger charge is -2.08. The van der Waals surface area contributed by atoms with Crippen molar-refractivity contribution in [2.24, 2.45) is 0 Å². The molecule has 2 rings (SSSR count). The van der Waals surface area contributed by atoms with Gasteiger partial charge in [-0.15, -0.1) is 0 Å². The summed E-state index contributed by atoms with van der Waals surface area (Å²) < 4.78 is 66.8. The molecule has 0 aliphatic heterocycles. The van der Waals surface area contributed by atoms with Crippen LogP contribution in [0.5, 0.6) is 5.75 Å². The molecule has 0 atom stereocenters. The summed E-state index contributed by atoms with van der Waals surface area (Å²) in [6.45, 7) is 7.05. The van der Waals surface area contributed by atoms with Gasteiger partial charge in [0.15, 0.2) is 23.3 Å². The number of hydrogen-bond donors (Lipinski definition) is 0. The quantitative estimate of drug-likeness (QED) is 0.391. The van der Waals surface area contributed by atoms with E-state index in [4.69, 9.17) is 4.74 Å². The highest BCUT2D eigenvalue weighted by Gasteiger charge is 2.22. The van der Waals surface area contributed by atoms with Gasteiger partial charge in [-0.25, -0.2) is 22.0 Å². The Kier molecular flexibility index (Phi) is 6.12. The van der Waals surface area contributed by atoms with Crippen LogP contribution in [0.25, 0.3) is 0 Å². The minimum Gasteiger partial charge on any atom is -0.496 e. The molecule has 0 bridgehead atoms. The van der Waals surface area contributed by atoms with E-state index in [-0.39, 0.29) is 0 Å². The van der Waals surface area contributed by atoms with Crippen LogP contribution in [0, 0.1) is 56.8 Å². The van der Waals surface area contributed by atoms with Gasteiger partial charge in [-0.3, -0.25) is 0 Å². The number of benzene rings is 2. The molecule has 0 heterocycles. The fourth-order valence-electron chi connectivity index (χ4n) is 2.20. The van der Waals surface area contributed by atoms with E-state index in [1.807, 2.05) is 0 Å². The molecule has 0 aliphatic rings. The summed E-state index contributed by atoms with van der Waals surface area (Å²) in [6.07, 6.45) is 0. The van der Waals surface area contributed by atoms with Crippen LogP contribution in [0.15, 0.2) is 12.1 Å². The molecule has 0 amide bonds. The smallest absolute Gasteiger partial charge is 0.200 e. The summed E-state index contributed by atoms with van der Waals surface area (Å²) in [5.41, 5.74) is 2.85. The molecular formula is C17H17F5O. The van der Waals surface area contributed by atoms with Crippen molar-refractivity contribution in [1.82, 2.24) is 0 Å². The number of rotatable bonds is 1. The summed E-state index contributed by atoms with van der Waals surface area (Å²) in [7, 11) is 1.71. The first-order valence-electron chi connectivity index (χ1n) is 6.71. The lowest BCUT2D eigenvalue weighted by molar-refractivity contribution is 0.373. The normalized spacial score (nSPS) is 10.2. The van der Waals surface area contributed by atoms with Crippen molar-refractivity contribution < 1.29 is 26.7 Å². The number of hydrogen-bond acceptors (Lipinski definition) is 1. The fraction of sp³-hybridized carbons (Fsp3) is 0.294. The fourth-order valence-corrected chi connectivity index (χ4v) is 2.20. The topological polar surface area (TPSA) is 9.23 Å². The lowest BCUT2D eigenvalue weighted by Crippen LogP contribution is -2.03. The third-order valence-corrected chi connectivity index (χ3v) is 3.24. The molecule has 0 saturated heterocycles. The van der Waals surface area contributed by atoms with E-state index in [9.17, 15) is 22.0 Å². The third-order valence-electron chi connectivity index (χ3n) is 3.24. The van der Waals surface area contributed by atoms with Gasteiger partial charge >= 0.3 is 0 Å². The molecule has 0 aromatic heterocycles. The van der Waals surface area contributed by atoms with E-state index in [0.717, 1.165) is 12.7 Å². The van der Waals surface area contributed by atoms with Crippen LogP contribution in [0.3, 0.4) is 0 Å². The highest BCUT2D eigenvalue weighted by atomic mass is 19.2. The van der Waals surface area contributed by atoms with Crippen molar-refractivity contribution in [3.05, 3.63) is 63.5 Å². The summed E-state index contributed by atoms with van der Waals surface area (Å²) in [5, 5.41) is 0. The SMILES string of the molecule is COc1c(C)cc(C)cc1C.Cc1c(F)c(F)c(F)c(F)c1F. The predicted octanol–water partition coefficient (Wildman–Crippen LogP) is 5.31. The first-order chi connectivity index (χ1) is 10.6. The minimum absolute atomic E-state index is 0.816. The number of halogens is 5. The molecule has 0 N–H and O–H groups in total. The van der Waals surface area contributed by atoms with Crippen molar-refractivity contribution in [2.45, 2.75) is 27.7 Å². The standard InChI is InChI=1S/C10H14O.C7H3F5/c1-7-5-8(2)10(11-4)9(3)6-7;1-2-3(8)5(10)7(12)6(11)4(2)9/h5-6H,1-4H3;1H3. The van der Waals surface area contributed by atoms with E-state index in [1.54, 1.807) is 7.11 Å². The van der Waals surface area contributed by atoms with E-state index in [1.165, 1.54) is 16.7 Å². The van der Waals surface area contributed by atoms with Crippen LogP contribution in [0.4, 0.5) is 22.0 Å². The first kappa shape index (κ1) is 18.9. The van der Waals surface area contributed by atoms with E-state index < -0.39 is 34.6 Å². The van der Waals surface area contributed by atoms with Gasteiger partial charge in [0, 0.05) is 5.56 Å². The molecular weight excluding hydrogens is 315 g/mol. The van der Waals surface area contributed by atoms with Crippen LogP contribution >= 0.6 is 0 Å². The maximum Gasteiger partial charge on any atom is 0.200 e. The van der Waals surface area contributed by atoms with Gasteiger partial charge in [0.2, 0.25) is 5.82 Å². The average Bonchev–Trinajstić information content (AvgIpc) is 2.49. The zero-order chi connectivity index (χ0) is 17.9. The number of aryl methyl sites for hydroxylation is 3. The van der Waals surface area contributed by atoms with Crippen LogP contribution in [-0.2, 0) is 0 Å². The highest BCUT2D eigenvalue weighted by molar-refractivity contribution is 5.42. The second-order valence-corrected chi connectivity index (χ2v) is 5.13. The van der Waals surface area contributed by atoms with Gasteiger partial charge in [0.1, 0.15) is 5.75 Å². The highest BCUT2D eigenvalue weighted by Crippen LogP contribution is 2.23. The predicted molar refractivity (Wildman–Crippen MR) is 78.2 cm³/mol. The zero-order valence-electron chi connectivity index (χ0n) is 13.5. The third kappa shape index (κ3) is 4.00. The molecule has 23 heavy (non-hydrogen) atoms. The Balaban J connectivity index is 0.000000231. The molecule has 0 saturated carbocycles. The molecule has 0 fully saturated rings. The molecule has 2 aromatic rings. The van der Waals surface area contributed by atoms with Crippen LogP contribution in [-0.4, -0.2) is 7.11 Å². The Morgan fingerprint density at radius 2 is 1.00 bits per heavy atom. The van der Waals surface area contributed by atoms with Gasteiger partial charge < -0.3 is 4.74 Å². The van der Waals surface area contributed by atoms with Crippen LogP contribution < -0.4 is 4.74 Å². The van der Waals surface area contributed by atoms with Gasteiger partial charge in [-0.2, -0.15) is 0 Å². The summed E-state index contributed by atoms with van der Waals surface area (Å²) in [4.78, 5) is 0. The maximum atomic E-state index is 12.4. The first-order valence-corrected chi connectivity index (χ1v) is 6.71. The van der Waals surface area contributed by atoms with E-state index in [2.05, 4.69) is 32.9 Å². The van der Waals surface area contributed by atoms with Crippen molar-refractivity contribution >= 4 is 0 Å². The summed E-state index contributed by atoms with van der Waals surface area (Å²) >= 11 is 0. The molecule has 1 nitrogen and oxygen atoms in total. The second kappa shape index (κ2) is 7.44. The molecule has 0 spiro atoms. The Labute approximate surface area is 131 Å². The number of methoxy groups -OCH3 is 1. The monoisotopic (exact) mass is 332 g/mol. The lowest BCUT2D eigenvalue weighted by atomic mass is 10.1. The minimum atomic E-state index is -2.13. The zero-order valence-corrected chi connectivity index (χ0v) is 13.5. The van der Waals surface area contributed by atoms with Crippen LogP contribution in [0.2, 0.25) is 0 Å². The Morgan fingerprint density at radius 3 is 1.35 bits per heavy atom. The molecule has 2 aromatic carbocycles. The molecule has 0 unspecified atom stereocenters. The van der Waals surface area contributed by atoms with E-state index in [0.29, 0.717) is 0 Å². The van der Waals surface area contributed by atoms with Crippen molar-refractivity contribution in [1.29, 1.82) is 0 Å². The Morgan fingerprint density at radius 1 is 0.652 bits per heavy atom. The Bertz CT molecular complexity index is 597. The molecule has 0 radical (unpaired) electrons. The largest absolute Gasteiger partial charge is 0.496 e. The van der Waals surface area contributed by atoms with Crippen molar-refractivity contribution in [2.75, 3.05) is 7.11 Å². The van der Waals surface area contributed by atoms with Crippen LogP contribution in [0.1, 0.15) is 22.3 Å².